The molecule has 2 aromatic carbocycles. The first-order valence-electron chi connectivity index (χ1n) is 10.4. The number of nitrogens with zero attached hydrogens (tertiary/aromatic N) is 3. The second kappa shape index (κ2) is 10.8. The molecule has 1 atom stereocenters. The van der Waals surface area contributed by atoms with Gasteiger partial charge in [0, 0.05) is 17.8 Å². The summed E-state index contributed by atoms with van der Waals surface area (Å²) in [6.45, 7) is 7.13. The summed E-state index contributed by atoms with van der Waals surface area (Å²) in [7, 11) is 1.69. The van der Waals surface area contributed by atoms with Crippen molar-refractivity contribution in [2.24, 2.45) is 12.1 Å². The lowest BCUT2D eigenvalue weighted by molar-refractivity contribution is -0.122. The number of aromatic nitrogens is 2. The minimum atomic E-state index is -0.701. The average molecular weight is 547 g/mol. The Morgan fingerprint density at radius 1 is 1.18 bits per heavy atom. The average Bonchev–Trinajstić information content (AvgIpc) is 3.05. The van der Waals surface area contributed by atoms with E-state index in [-0.39, 0.29) is 11.8 Å². The highest BCUT2D eigenvalue weighted by molar-refractivity contribution is 9.10. The molecule has 0 saturated heterocycles. The highest BCUT2D eigenvalue weighted by Crippen LogP contribution is 2.23. The van der Waals surface area contributed by atoms with E-state index >= 15 is 0 Å². The summed E-state index contributed by atoms with van der Waals surface area (Å²) >= 11 is 9.34. The Kier molecular flexibility index (Phi) is 8.11. The molecule has 8 nitrogen and oxygen atoms in total. The first-order chi connectivity index (χ1) is 16.1. The van der Waals surface area contributed by atoms with Crippen LogP contribution in [0.15, 0.2) is 52.0 Å². The van der Waals surface area contributed by atoms with Crippen molar-refractivity contribution in [2.75, 3.05) is 5.32 Å². The zero-order chi connectivity index (χ0) is 25.0. The molecule has 0 bridgehead atoms. The molecular formula is C24H25BrClN5O3. The van der Waals surface area contributed by atoms with Crippen LogP contribution in [-0.2, 0) is 11.8 Å². The van der Waals surface area contributed by atoms with E-state index in [0.29, 0.717) is 38.0 Å². The number of nitrogens with one attached hydrogen (secondary N) is 2. The number of carbonyl (C=O) groups excluding carboxylic acids is 2. The first kappa shape index (κ1) is 25.5. The lowest BCUT2D eigenvalue weighted by atomic mass is 10.1. The van der Waals surface area contributed by atoms with E-state index in [0.717, 1.165) is 11.1 Å². The normalized spacial score (nSPS) is 12.3. The number of hydrogen-bond donors (Lipinski definition) is 2. The van der Waals surface area contributed by atoms with Gasteiger partial charge in [-0.05, 0) is 85.1 Å². The van der Waals surface area contributed by atoms with E-state index in [4.69, 9.17) is 16.3 Å². The molecule has 0 radical (unpaired) electrons. The van der Waals surface area contributed by atoms with Crippen LogP contribution < -0.4 is 15.5 Å². The van der Waals surface area contributed by atoms with Gasteiger partial charge in [-0.1, -0.05) is 23.7 Å². The zero-order valence-corrected chi connectivity index (χ0v) is 21.8. The van der Waals surface area contributed by atoms with Gasteiger partial charge in [0.1, 0.15) is 11.4 Å². The Morgan fingerprint density at radius 2 is 1.85 bits per heavy atom. The van der Waals surface area contributed by atoms with E-state index in [9.17, 15) is 9.59 Å². The Balaban J connectivity index is 1.60. The maximum atomic E-state index is 12.5. The van der Waals surface area contributed by atoms with Crippen molar-refractivity contribution in [3.05, 3.63) is 74.5 Å². The lowest BCUT2D eigenvalue weighted by Crippen LogP contribution is -2.30. The first-order valence-corrected chi connectivity index (χ1v) is 11.6. The summed E-state index contributed by atoms with van der Waals surface area (Å²) in [5.41, 5.74) is 6.52. The van der Waals surface area contributed by atoms with Gasteiger partial charge >= 0.3 is 0 Å². The van der Waals surface area contributed by atoms with Crippen LogP contribution in [0, 0.1) is 13.8 Å². The van der Waals surface area contributed by atoms with Gasteiger partial charge in [0.15, 0.2) is 6.10 Å². The predicted molar refractivity (Wildman–Crippen MR) is 137 cm³/mol. The Hall–Kier alpha value is -3.17. The highest BCUT2D eigenvalue weighted by atomic mass is 79.9. The fourth-order valence-corrected chi connectivity index (χ4v) is 3.90. The number of ether oxygens (including phenoxy) is 1. The predicted octanol–water partition coefficient (Wildman–Crippen LogP) is 5.01. The second-order valence-electron chi connectivity index (χ2n) is 7.75. The Bertz CT molecular complexity index is 1250. The van der Waals surface area contributed by atoms with Crippen molar-refractivity contribution in [3.63, 3.8) is 0 Å². The molecule has 0 aliphatic rings. The van der Waals surface area contributed by atoms with Crippen molar-refractivity contribution < 1.29 is 14.3 Å². The maximum absolute atomic E-state index is 12.5. The minimum Gasteiger partial charge on any atom is -0.481 e. The van der Waals surface area contributed by atoms with Crippen molar-refractivity contribution >= 4 is 50.7 Å². The second-order valence-corrected chi connectivity index (χ2v) is 8.98. The molecule has 2 N–H and O–H groups in total. The zero-order valence-electron chi connectivity index (χ0n) is 19.4. The summed E-state index contributed by atoms with van der Waals surface area (Å²) in [6.07, 6.45) is -0.701. The van der Waals surface area contributed by atoms with E-state index in [1.54, 1.807) is 70.3 Å². The SMILES string of the molecule is C/C(=N/NC(=O)c1c(Br)c(C)nn1C)c1ccc(NC(=O)C(C)Oc2ccc(Cl)cc2C)cc1. The molecule has 0 fully saturated rings. The van der Waals surface area contributed by atoms with Crippen molar-refractivity contribution in [1.29, 1.82) is 0 Å². The van der Waals surface area contributed by atoms with E-state index in [1.807, 2.05) is 6.92 Å². The molecule has 34 heavy (non-hydrogen) atoms. The number of aryl methyl sites for hydroxylation is 3. The third kappa shape index (κ3) is 6.03. The number of hydrogen-bond acceptors (Lipinski definition) is 5. The van der Waals surface area contributed by atoms with E-state index in [1.165, 1.54) is 4.68 Å². The summed E-state index contributed by atoms with van der Waals surface area (Å²) in [4.78, 5) is 25.0. The number of carbonyl (C=O) groups is 2. The van der Waals surface area contributed by atoms with Gasteiger partial charge in [0.25, 0.3) is 11.8 Å². The summed E-state index contributed by atoms with van der Waals surface area (Å²) < 4.78 is 7.89. The number of hydrazone groups is 1. The maximum Gasteiger partial charge on any atom is 0.290 e. The van der Waals surface area contributed by atoms with Crippen LogP contribution in [0.4, 0.5) is 5.69 Å². The molecule has 1 unspecified atom stereocenters. The molecule has 0 aliphatic heterocycles. The topological polar surface area (TPSA) is 97.6 Å². The quantitative estimate of drug-likeness (QED) is 0.321. The number of rotatable bonds is 7. The van der Waals surface area contributed by atoms with Gasteiger partial charge in [0.05, 0.1) is 15.9 Å². The third-order valence-electron chi connectivity index (χ3n) is 5.07. The smallest absolute Gasteiger partial charge is 0.290 e. The number of halogens is 2. The van der Waals surface area contributed by atoms with Crippen molar-refractivity contribution in [3.8, 4) is 5.75 Å². The summed E-state index contributed by atoms with van der Waals surface area (Å²) in [5, 5.41) is 11.8. The minimum absolute atomic E-state index is 0.281. The highest BCUT2D eigenvalue weighted by Gasteiger charge is 2.18. The molecule has 0 saturated carbocycles. The largest absolute Gasteiger partial charge is 0.481 e. The van der Waals surface area contributed by atoms with Crippen LogP contribution in [-0.4, -0.2) is 33.4 Å². The molecule has 0 aliphatic carbocycles. The van der Waals surface area contributed by atoms with Crippen LogP contribution >= 0.6 is 27.5 Å². The molecule has 2 amide bonds. The van der Waals surface area contributed by atoms with Crippen LogP contribution in [0.5, 0.6) is 5.75 Å². The third-order valence-corrected chi connectivity index (χ3v) is 6.25. The molecule has 178 valence electrons. The van der Waals surface area contributed by atoms with Gasteiger partial charge in [-0.3, -0.25) is 14.3 Å². The van der Waals surface area contributed by atoms with Crippen molar-refractivity contribution in [1.82, 2.24) is 15.2 Å². The van der Waals surface area contributed by atoms with Gasteiger partial charge < -0.3 is 10.1 Å². The van der Waals surface area contributed by atoms with Crippen LogP contribution in [0.1, 0.15) is 41.2 Å². The lowest BCUT2D eigenvalue weighted by Gasteiger charge is -2.16. The number of amides is 2. The fourth-order valence-electron chi connectivity index (χ4n) is 3.16. The molecular weight excluding hydrogens is 522 g/mol. The van der Waals surface area contributed by atoms with Crippen molar-refractivity contribution in [2.45, 2.75) is 33.8 Å². The van der Waals surface area contributed by atoms with Crippen LogP contribution in [0.3, 0.4) is 0 Å². The van der Waals surface area contributed by atoms with Gasteiger partial charge in [-0.15, -0.1) is 0 Å². The number of anilines is 1. The van der Waals surface area contributed by atoms with Crippen LogP contribution in [0.2, 0.25) is 5.02 Å². The summed E-state index contributed by atoms with van der Waals surface area (Å²) in [5.74, 6) is -0.0514. The molecule has 3 rings (SSSR count). The molecule has 3 aromatic rings. The molecule has 1 aromatic heterocycles. The number of benzene rings is 2. The summed E-state index contributed by atoms with van der Waals surface area (Å²) in [6, 6.07) is 12.4. The Labute approximate surface area is 211 Å². The standard InChI is InChI=1S/C24H25BrClN5O3/c1-13-12-18(26)8-11-20(13)34-16(4)23(32)27-19-9-6-17(7-10-19)14(2)28-29-24(33)22-21(25)15(3)30-31(22)5/h6-12,16H,1-5H3,(H,27,32)(H,29,33)/b28-14-. The van der Waals surface area contributed by atoms with E-state index in [2.05, 4.69) is 36.9 Å². The molecule has 10 heteroatoms. The fraction of sp³-hybridized carbons (Fsp3) is 0.250. The van der Waals surface area contributed by atoms with Gasteiger partial charge in [-0.25, -0.2) is 5.43 Å². The molecule has 0 spiro atoms. The van der Waals surface area contributed by atoms with Gasteiger partial charge in [0.2, 0.25) is 0 Å². The van der Waals surface area contributed by atoms with E-state index < -0.39 is 6.10 Å². The monoisotopic (exact) mass is 545 g/mol. The molecule has 1 heterocycles. The van der Waals surface area contributed by atoms with Gasteiger partial charge in [-0.2, -0.15) is 10.2 Å². The van der Waals surface area contributed by atoms with Crippen LogP contribution in [0.25, 0.3) is 0 Å². The Morgan fingerprint density at radius 3 is 2.44 bits per heavy atom.